The van der Waals surface area contributed by atoms with Gasteiger partial charge in [-0.05, 0) is 123 Å². The van der Waals surface area contributed by atoms with Crippen LogP contribution in [0.3, 0.4) is 0 Å². The maximum Gasteiger partial charge on any atom is 0.0623 e. The predicted octanol–water partition coefficient (Wildman–Crippen LogP) is 12.3. The highest BCUT2D eigenvalue weighted by atomic mass is 16.5. The molecule has 5 rings (SSSR count). The largest absolute Gasteiger partial charge is 0.378 e. The van der Waals surface area contributed by atoms with E-state index in [1.54, 1.807) is 0 Å². The number of hydrogen-bond donors (Lipinski definition) is 4. The van der Waals surface area contributed by atoms with Gasteiger partial charge in [0.15, 0.2) is 0 Å². The molecule has 5 fully saturated rings. The first-order valence-electron chi connectivity index (χ1n) is 25.3. The Kier molecular flexibility index (Phi) is 28.1. The average Bonchev–Trinajstić information content (AvgIpc) is 3.88. The number of hydrogen-bond acceptors (Lipinski definition) is 6. The molecule has 0 aromatic carbocycles. The van der Waals surface area contributed by atoms with Gasteiger partial charge in [0.25, 0.3) is 0 Å². The summed E-state index contributed by atoms with van der Waals surface area (Å²) in [4.78, 5) is 0. The van der Waals surface area contributed by atoms with Gasteiger partial charge in [0.05, 0.1) is 19.3 Å². The fourth-order valence-corrected chi connectivity index (χ4v) is 9.10. The van der Waals surface area contributed by atoms with Crippen molar-refractivity contribution in [2.24, 2.45) is 71.0 Å². The van der Waals surface area contributed by atoms with Crippen LogP contribution >= 0.6 is 0 Å². The summed E-state index contributed by atoms with van der Waals surface area (Å²) in [6.45, 7) is 49.9. The molecular formula is C52H108N4O2. The molecule has 0 bridgehead atoms. The summed E-state index contributed by atoms with van der Waals surface area (Å²) < 4.78 is 11.3. The van der Waals surface area contributed by atoms with Crippen LogP contribution in [0, 0.1) is 71.0 Å². The Hall–Kier alpha value is -0.240. The van der Waals surface area contributed by atoms with E-state index < -0.39 is 0 Å². The van der Waals surface area contributed by atoms with E-state index in [4.69, 9.17) is 9.47 Å². The maximum absolute atomic E-state index is 5.72. The minimum Gasteiger partial charge on any atom is -0.378 e. The van der Waals surface area contributed by atoms with Gasteiger partial charge in [0, 0.05) is 48.9 Å². The lowest BCUT2D eigenvalue weighted by molar-refractivity contribution is -0.0426. The lowest BCUT2D eigenvalue weighted by atomic mass is 9.83. The zero-order valence-corrected chi connectivity index (χ0v) is 42.8. The molecular weight excluding hydrogens is 713 g/mol. The van der Waals surface area contributed by atoms with E-state index >= 15 is 0 Å². The lowest BCUT2D eigenvalue weighted by Gasteiger charge is -2.35. The number of ether oxygens (including phenoxy) is 2. The van der Waals surface area contributed by atoms with Crippen LogP contribution in [0.1, 0.15) is 190 Å². The van der Waals surface area contributed by atoms with Crippen molar-refractivity contribution in [2.75, 3.05) is 26.4 Å². The maximum atomic E-state index is 5.72. The number of morpholine rings is 1. The summed E-state index contributed by atoms with van der Waals surface area (Å²) in [5.41, 5.74) is 0. The van der Waals surface area contributed by atoms with Crippen molar-refractivity contribution >= 4 is 0 Å². The van der Waals surface area contributed by atoms with E-state index in [2.05, 4.69) is 160 Å². The van der Waals surface area contributed by atoms with E-state index in [0.29, 0.717) is 35.9 Å². The molecule has 10 unspecified atom stereocenters. The van der Waals surface area contributed by atoms with E-state index in [9.17, 15) is 0 Å². The SMILES string of the molecule is CC(C)C1CCC(C(C)C)N1.CC(C)C1CCCC(C(C)C)N1.CC(C)C1CCOC(C(C)C)C1.CC(C)C1CNC(C(C)C)C1.CC(C)C1COCC(C(C)C)N1. The predicted molar refractivity (Wildman–Crippen MR) is 257 cm³/mol. The Labute approximate surface area is 365 Å². The zero-order valence-electron chi connectivity index (χ0n) is 42.8. The fraction of sp³-hybridized carbons (Fsp3) is 1.00. The second-order valence-corrected chi connectivity index (χ2v) is 22.8. The third-order valence-corrected chi connectivity index (χ3v) is 14.5. The highest BCUT2D eigenvalue weighted by molar-refractivity contribution is 4.88. The van der Waals surface area contributed by atoms with Crippen molar-refractivity contribution in [3.05, 3.63) is 0 Å². The van der Waals surface area contributed by atoms with Crippen LogP contribution in [-0.2, 0) is 9.47 Å². The topological polar surface area (TPSA) is 66.6 Å². The monoisotopic (exact) mass is 821 g/mol. The van der Waals surface area contributed by atoms with Crippen LogP contribution in [0.5, 0.6) is 0 Å². The molecule has 0 amide bonds. The van der Waals surface area contributed by atoms with Crippen molar-refractivity contribution in [3.63, 3.8) is 0 Å². The van der Waals surface area contributed by atoms with Gasteiger partial charge < -0.3 is 30.7 Å². The number of piperidine rings is 1. The van der Waals surface area contributed by atoms with Crippen molar-refractivity contribution in [3.8, 4) is 0 Å². The van der Waals surface area contributed by atoms with Crippen LogP contribution in [0.25, 0.3) is 0 Å². The molecule has 348 valence electrons. The quantitative estimate of drug-likeness (QED) is 0.176. The first-order valence-corrected chi connectivity index (χ1v) is 25.3. The van der Waals surface area contributed by atoms with Crippen molar-refractivity contribution < 1.29 is 9.47 Å². The number of rotatable bonds is 10. The second-order valence-electron chi connectivity index (χ2n) is 22.8. The fourth-order valence-electron chi connectivity index (χ4n) is 9.10. The van der Waals surface area contributed by atoms with Crippen molar-refractivity contribution in [1.29, 1.82) is 0 Å². The summed E-state index contributed by atoms with van der Waals surface area (Å²) in [6.07, 6.45) is 11.4. The van der Waals surface area contributed by atoms with Gasteiger partial charge >= 0.3 is 0 Å². The zero-order chi connectivity index (χ0) is 44.3. The summed E-state index contributed by atoms with van der Waals surface area (Å²) in [6, 6.07) is 4.97. The van der Waals surface area contributed by atoms with Gasteiger partial charge in [-0.25, -0.2) is 0 Å². The first kappa shape index (κ1) is 55.8. The molecule has 6 nitrogen and oxygen atoms in total. The first-order chi connectivity index (χ1) is 27.0. The molecule has 5 aliphatic rings. The average molecular weight is 821 g/mol. The van der Waals surface area contributed by atoms with Crippen LogP contribution in [0.4, 0.5) is 0 Å². The molecule has 5 aliphatic heterocycles. The molecule has 5 saturated heterocycles. The molecule has 10 atom stereocenters. The lowest BCUT2D eigenvalue weighted by Crippen LogP contribution is -2.53. The van der Waals surface area contributed by atoms with Gasteiger partial charge in [-0.15, -0.1) is 0 Å². The molecule has 0 radical (unpaired) electrons. The van der Waals surface area contributed by atoms with E-state index in [1.165, 1.54) is 57.9 Å². The smallest absolute Gasteiger partial charge is 0.0623 e. The van der Waals surface area contributed by atoms with Crippen LogP contribution in [-0.4, -0.2) is 74.8 Å². The van der Waals surface area contributed by atoms with Gasteiger partial charge in [0.1, 0.15) is 0 Å². The normalized spacial score (nSPS) is 31.8. The minimum atomic E-state index is 0.520. The molecule has 5 heterocycles. The standard InChI is InChI=1S/C11H23N.C11H22O.C10H21NO.2C10H21N/c1-8(2)10-6-5-7-11(12-10)9(3)4;1-8(2)10-5-6-12-11(7-10)9(3)4;1-7(2)9-5-12-6-10(11-9)8(3)4;1-7(2)9-5-10(8(3)4)11-6-9;1-7(2)9-5-6-10(11-9)8(3)4/h8-12H,5-7H2,1-4H3;8-11H,5-7H2,1-4H3;7-11H,5-6H2,1-4H3;2*7-11H,5-6H2,1-4H3. The summed E-state index contributed by atoms with van der Waals surface area (Å²) in [5.74, 6) is 9.54. The Morgan fingerprint density at radius 2 is 0.741 bits per heavy atom. The Bertz CT molecular complexity index is 818. The van der Waals surface area contributed by atoms with Gasteiger partial charge in [-0.2, -0.15) is 0 Å². The molecule has 4 N–H and O–H groups in total. The van der Waals surface area contributed by atoms with E-state index in [-0.39, 0.29) is 0 Å². The van der Waals surface area contributed by atoms with E-state index in [1.807, 2.05) is 0 Å². The van der Waals surface area contributed by atoms with Crippen molar-refractivity contribution in [2.45, 2.75) is 238 Å². The van der Waals surface area contributed by atoms with Crippen molar-refractivity contribution in [1.82, 2.24) is 21.3 Å². The molecule has 0 spiro atoms. The van der Waals surface area contributed by atoms with E-state index in [0.717, 1.165) is 103 Å². The second kappa shape index (κ2) is 29.2. The summed E-state index contributed by atoms with van der Waals surface area (Å²) >= 11 is 0. The summed E-state index contributed by atoms with van der Waals surface area (Å²) in [5, 5.41) is 14.7. The van der Waals surface area contributed by atoms with Crippen LogP contribution < -0.4 is 21.3 Å². The molecule has 58 heavy (non-hydrogen) atoms. The molecule has 6 heteroatoms. The molecule has 0 aromatic heterocycles. The van der Waals surface area contributed by atoms with Crippen LogP contribution in [0.2, 0.25) is 0 Å². The van der Waals surface area contributed by atoms with Gasteiger partial charge in [0.2, 0.25) is 0 Å². The Morgan fingerprint density at radius 1 is 0.362 bits per heavy atom. The molecule has 0 saturated carbocycles. The number of nitrogens with one attached hydrogen (secondary N) is 4. The highest BCUT2D eigenvalue weighted by Gasteiger charge is 2.30. The Balaban J connectivity index is 0.000000363. The van der Waals surface area contributed by atoms with Gasteiger partial charge in [-0.1, -0.05) is 145 Å². The highest BCUT2D eigenvalue weighted by Crippen LogP contribution is 2.30. The third-order valence-electron chi connectivity index (χ3n) is 14.5. The Morgan fingerprint density at radius 3 is 1.05 bits per heavy atom. The minimum absolute atomic E-state index is 0.520. The molecule has 0 aliphatic carbocycles. The summed E-state index contributed by atoms with van der Waals surface area (Å²) in [7, 11) is 0. The van der Waals surface area contributed by atoms with Gasteiger partial charge in [-0.3, -0.25) is 0 Å². The molecule has 0 aromatic rings. The third kappa shape index (κ3) is 21.7. The van der Waals surface area contributed by atoms with Crippen LogP contribution in [0.15, 0.2) is 0 Å².